The summed E-state index contributed by atoms with van der Waals surface area (Å²) in [4.78, 5) is 12.2. The molecule has 0 fully saturated rings. The maximum Gasteiger partial charge on any atom is 0.255 e. The third-order valence-corrected chi connectivity index (χ3v) is 3.44. The average Bonchev–Trinajstić information content (AvgIpc) is 2.47. The fourth-order valence-corrected chi connectivity index (χ4v) is 2.08. The van der Waals surface area contributed by atoms with Crippen molar-refractivity contribution in [3.63, 3.8) is 0 Å². The van der Waals surface area contributed by atoms with E-state index >= 15 is 0 Å². The molecule has 0 radical (unpaired) electrons. The molecule has 0 aliphatic rings. The Balaban J connectivity index is 2.24. The summed E-state index contributed by atoms with van der Waals surface area (Å²) in [5.74, 6) is -0.341. The molecule has 0 aromatic heterocycles. The summed E-state index contributed by atoms with van der Waals surface area (Å²) in [6.45, 7) is 4.23. The van der Waals surface area contributed by atoms with E-state index in [1.165, 1.54) is 18.2 Å². The predicted octanol–water partition coefficient (Wildman–Crippen LogP) is 4.59. The summed E-state index contributed by atoms with van der Waals surface area (Å²) in [6, 6.07) is 13.4. The summed E-state index contributed by atoms with van der Waals surface area (Å²) in [7, 11) is 0. The smallest absolute Gasteiger partial charge is 0.255 e. The van der Waals surface area contributed by atoms with Gasteiger partial charge in [-0.05, 0) is 42.2 Å². The van der Waals surface area contributed by atoms with Crippen LogP contribution in [0.1, 0.15) is 42.1 Å². The molecule has 0 aliphatic carbocycles. The Kier molecular flexibility index (Phi) is 4.51. The van der Waals surface area contributed by atoms with Gasteiger partial charge in [0.15, 0.2) is 0 Å². The van der Waals surface area contributed by atoms with Crippen molar-refractivity contribution in [2.24, 2.45) is 0 Å². The Morgan fingerprint density at radius 3 is 2.65 bits per heavy atom. The van der Waals surface area contributed by atoms with Crippen LogP contribution >= 0.6 is 0 Å². The molecule has 0 aliphatic heterocycles. The van der Waals surface area contributed by atoms with Crippen molar-refractivity contribution < 1.29 is 9.18 Å². The fraction of sp³-hybridized carbons (Fsp3) is 0.235. The highest BCUT2D eigenvalue weighted by Gasteiger charge is 2.12. The number of para-hydroxylation sites is 1. The maximum absolute atomic E-state index is 13.1. The third-order valence-electron chi connectivity index (χ3n) is 3.44. The molecule has 0 saturated heterocycles. The molecule has 2 aromatic rings. The monoisotopic (exact) mass is 271 g/mol. The van der Waals surface area contributed by atoms with Crippen LogP contribution in [0, 0.1) is 5.82 Å². The van der Waals surface area contributed by atoms with Crippen LogP contribution in [0.25, 0.3) is 0 Å². The van der Waals surface area contributed by atoms with Gasteiger partial charge in [-0.15, -0.1) is 0 Å². The lowest BCUT2D eigenvalue weighted by Crippen LogP contribution is -2.14. The van der Waals surface area contributed by atoms with Crippen molar-refractivity contribution in [1.82, 2.24) is 0 Å². The SMILES string of the molecule is CC[C@H](C)c1ccccc1NC(=O)c1cccc(F)c1. The Hall–Kier alpha value is -2.16. The van der Waals surface area contributed by atoms with E-state index in [0.29, 0.717) is 11.5 Å². The van der Waals surface area contributed by atoms with E-state index in [1.807, 2.05) is 24.3 Å². The topological polar surface area (TPSA) is 29.1 Å². The van der Waals surface area contributed by atoms with Crippen molar-refractivity contribution in [2.45, 2.75) is 26.2 Å². The summed E-state index contributed by atoms with van der Waals surface area (Å²) in [5.41, 5.74) is 2.21. The molecule has 20 heavy (non-hydrogen) atoms. The molecule has 0 saturated carbocycles. The lowest BCUT2D eigenvalue weighted by molar-refractivity contribution is 0.102. The first kappa shape index (κ1) is 14.3. The second kappa shape index (κ2) is 6.33. The standard InChI is InChI=1S/C17H18FNO/c1-3-12(2)15-9-4-5-10-16(15)19-17(20)13-7-6-8-14(18)11-13/h4-12H,3H2,1-2H3,(H,19,20)/t12-/m0/s1. The first-order chi connectivity index (χ1) is 9.61. The fourth-order valence-electron chi connectivity index (χ4n) is 2.08. The molecule has 2 rings (SSSR count). The van der Waals surface area contributed by atoms with Crippen LogP contribution in [-0.2, 0) is 0 Å². The van der Waals surface area contributed by atoms with Gasteiger partial charge >= 0.3 is 0 Å². The van der Waals surface area contributed by atoms with Gasteiger partial charge in [0.2, 0.25) is 0 Å². The number of amides is 1. The zero-order valence-corrected chi connectivity index (χ0v) is 11.7. The minimum absolute atomic E-state index is 0.291. The summed E-state index contributed by atoms with van der Waals surface area (Å²) >= 11 is 0. The van der Waals surface area contributed by atoms with E-state index in [-0.39, 0.29) is 5.91 Å². The van der Waals surface area contributed by atoms with Gasteiger partial charge in [-0.3, -0.25) is 4.79 Å². The Morgan fingerprint density at radius 2 is 1.95 bits per heavy atom. The number of carbonyl (C=O) groups is 1. The molecule has 0 heterocycles. The van der Waals surface area contributed by atoms with Gasteiger partial charge < -0.3 is 5.32 Å². The number of anilines is 1. The quantitative estimate of drug-likeness (QED) is 0.865. The van der Waals surface area contributed by atoms with Crippen LogP contribution in [0.5, 0.6) is 0 Å². The highest BCUT2D eigenvalue weighted by atomic mass is 19.1. The highest BCUT2D eigenvalue weighted by molar-refractivity contribution is 6.04. The van der Waals surface area contributed by atoms with E-state index in [0.717, 1.165) is 17.7 Å². The zero-order chi connectivity index (χ0) is 14.5. The lowest BCUT2D eigenvalue weighted by atomic mass is 9.97. The van der Waals surface area contributed by atoms with E-state index in [9.17, 15) is 9.18 Å². The second-order valence-corrected chi connectivity index (χ2v) is 4.86. The lowest BCUT2D eigenvalue weighted by Gasteiger charge is -2.15. The van der Waals surface area contributed by atoms with Gasteiger partial charge in [-0.1, -0.05) is 38.1 Å². The van der Waals surface area contributed by atoms with Crippen LogP contribution in [0.4, 0.5) is 10.1 Å². The van der Waals surface area contributed by atoms with Gasteiger partial charge in [0, 0.05) is 11.3 Å². The molecule has 0 bridgehead atoms. The van der Waals surface area contributed by atoms with E-state index in [1.54, 1.807) is 6.07 Å². The number of hydrogen-bond acceptors (Lipinski definition) is 1. The first-order valence-corrected chi connectivity index (χ1v) is 6.77. The zero-order valence-electron chi connectivity index (χ0n) is 11.7. The predicted molar refractivity (Wildman–Crippen MR) is 79.5 cm³/mol. The molecule has 0 unspecified atom stereocenters. The van der Waals surface area contributed by atoms with Gasteiger partial charge in [0.25, 0.3) is 5.91 Å². The largest absolute Gasteiger partial charge is 0.322 e. The van der Waals surface area contributed by atoms with Crippen LogP contribution in [-0.4, -0.2) is 5.91 Å². The summed E-state index contributed by atoms with van der Waals surface area (Å²) < 4.78 is 13.1. The number of halogens is 1. The van der Waals surface area contributed by atoms with Crippen molar-refractivity contribution in [1.29, 1.82) is 0 Å². The van der Waals surface area contributed by atoms with Gasteiger partial charge in [0.1, 0.15) is 5.82 Å². The normalized spacial score (nSPS) is 11.9. The Morgan fingerprint density at radius 1 is 1.20 bits per heavy atom. The second-order valence-electron chi connectivity index (χ2n) is 4.86. The van der Waals surface area contributed by atoms with Crippen molar-refractivity contribution in [3.8, 4) is 0 Å². The molecule has 3 heteroatoms. The molecule has 104 valence electrons. The van der Waals surface area contributed by atoms with Gasteiger partial charge in [-0.2, -0.15) is 0 Å². The molecular formula is C17H18FNO. The van der Waals surface area contributed by atoms with Crippen LogP contribution in [0.15, 0.2) is 48.5 Å². The number of carbonyl (C=O) groups excluding carboxylic acids is 1. The van der Waals surface area contributed by atoms with Crippen molar-refractivity contribution >= 4 is 11.6 Å². The van der Waals surface area contributed by atoms with Crippen LogP contribution in [0.3, 0.4) is 0 Å². The molecular weight excluding hydrogens is 253 g/mol. The molecule has 1 N–H and O–H groups in total. The van der Waals surface area contributed by atoms with Gasteiger partial charge in [0.05, 0.1) is 0 Å². The van der Waals surface area contributed by atoms with Crippen molar-refractivity contribution in [2.75, 3.05) is 5.32 Å². The minimum Gasteiger partial charge on any atom is -0.322 e. The average molecular weight is 271 g/mol. The number of rotatable bonds is 4. The van der Waals surface area contributed by atoms with E-state index < -0.39 is 5.82 Å². The number of nitrogens with one attached hydrogen (secondary N) is 1. The molecule has 1 atom stereocenters. The number of benzene rings is 2. The molecule has 1 amide bonds. The third kappa shape index (κ3) is 3.23. The van der Waals surface area contributed by atoms with Crippen LogP contribution in [0.2, 0.25) is 0 Å². The number of hydrogen-bond donors (Lipinski definition) is 1. The van der Waals surface area contributed by atoms with Crippen molar-refractivity contribution in [3.05, 3.63) is 65.5 Å². The molecule has 2 nitrogen and oxygen atoms in total. The molecule has 0 spiro atoms. The maximum atomic E-state index is 13.1. The van der Waals surface area contributed by atoms with Gasteiger partial charge in [-0.25, -0.2) is 4.39 Å². The first-order valence-electron chi connectivity index (χ1n) is 6.77. The van der Waals surface area contributed by atoms with Crippen LogP contribution < -0.4 is 5.32 Å². The summed E-state index contributed by atoms with van der Waals surface area (Å²) in [6.07, 6.45) is 0.993. The Bertz CT molecular complexity index is 609. The van der Waals surface area contributed by atoms with E-state index in [2.05, 4.69) is 19.2 Å². The molecule has 2 aromatic carbocycles. The highest BCUT2D eigenvalue weighted by Crippen LogP contribution is 2.26. The van der Waals surface area contributed by atoms with E-state index in [4.69, 9.17) is 0 Å². The Labute approximate surface area is 118 Å². The minimum atomic E-state index is -0.409. The summed E-state index contributed by atoms with van der Waals surface area (Å²) in [5, 5.41) is 2.86.